The first kappa shape index (κ1) is 22.3. The highest BCUT2D eigenvalue weighted by atomic mass is 19.2. The summed E-state index contributed by atoms with van der Waals surface area (Å²) in [6, 6.07) is 21.0. The first-order valence-corrected chi connectivity index (χ1v) is 10.2. The summed E-state index contributed by atoms with van der Waals surface area (Å²) in [7, 11) is 2.94. The summed E-state index contributed by atoms with van der Waals surface area (Å²) < 4.78 is 59.2. The van der Waals surface area contributed by atoms with Crippen molar-refractivity contribution in [3.63, 3.8) is 0 Å². The molecule has 0 amide bonds. The average Bonchev–Trinajstić information content (AvgIpc) is 2.85. The van der Waals surface area contributed by atoms with E-state index in [-0.39, 0.29) is 23.5 Å². The maximum absolute atomic E-state index is 14.9. The third-order valence-electron chi connectivity index (χ3n) is 5.27. The number of hydrogen-bond donors (Lipinski definition) is 0. The van der Waals surface area contributed by atoms with E-state index in [1.807, 2.05) is 0 Å². The van der Waals surface area contributed by atoms with Gasteiger partial charge < -0.3 is 14.2 Å². The predicted octanol–water partition coefficient (Wildman–Crippen LogP) is 7.03. The lowest BCUT2D eigenvalue weighted by atomic mass is 9.98. The van der Waals surface area contributed by atoms with Crippen molar-refractivity contribution in [3.05, 3.63) is 102 Å². The molecule has 0 fully saturated rings. The Labute approximate surface area is 190 Å². The van der Waals surface area contributed by atoms with E-state index >= 15 is 0 Å². The molecule has 4 rings (SSSR count). The van der Waals surface area contributed by atoms with Gasteiger partial charge in [-0.15, -0.1) is 0 Å². The molecule has 4 aromatic carbocycles. The minimum Gasteiger partial charge on any atom is -0.497 e. The summed E-state index contributed by atoms with van der Waals surface area (Å²) in [5, 5.41) is 0. The zero-order chi connectivity index (χ0) is 23.4. The Balaban J connectivity index is 1.50. The molecule has 0 bridgehead atoms. The summed E-state index contributed by atoms with van der Waals surface area (Å²) in [4.78, 5) is 0. The van der Waals surface area contributed by atoms with Crippen LogP contribution in [0, 0.1) is 17.5 Å². The Morgan fingerprint density at radius 1 is 0.606 bits per heavy atom. The van der Waals surface area contributed by atoms with Gasteiger partial charge in [0, 0.05) is 11.1 Å². The molecule has 0 saturated carbocycles. The molecule has 0 atom stereocenters. The van der Waals surface area contributed by atoms with Crippen LogP contribution in [0.1, 0.15) is 5.56 Å². The molecule has 0 aliphatic heterocycles. The Bertz CT molecular complexity index is 1250. The molecule has 33 heavy (non-hydrogen) atoms. The van der Waals surface area contributed by atoms with Crippen LogP contribution >= 0.6 is 0 Å². The van der Waals surface area contributed by atoms with Crippen LogP contribution in [0.5, 0.6) is 17.2 Å². The van der Waals surface area contributed by atoms with E-state index in [4.69, 9.17) is 14.2 Å². The third kappa shape index (κ3) is 4.80. The summed E-state index contributed by atoms with van der Waals surface area (Å²) in [5.41, 5.74) is 2.02. The standard InChI is InChI=1S/C27H21F3O3/c1-31-20-8-4-18(5-9-20)22-12-13-23(27(30)26(22)29)19-6-10-21(11-7-19)33-16-17-3-14-25(32-2)24(28)15-17/h3-15H,16H2,1-2H3. The number of hydrogen-bond acceptors (Lipinski definition) is 3. The van der Waals surface area contributed by atoms with E-state index in [9.17, 15) is 13.2 Å². The molecule has 4 aromatic rings. The van der Waals surface area contributed by atoms with Gasteiger partial charge in [-0.1, -0.05) is 42.5 Å². The molecule has 0 aromatic heterocycles. The molecule has 0 aliphatic rings. The summed E-state index contributed by atoms with van der Waals surface area (Å²) in [6.07, 6.45) is 0. The van der Waals surface area contributed by atoms with Crippen LogP contribution in [-0.2, 0) is 6.61 Å². The average molecular weight is 450 g/mol. The fourth-order valence-electron chi connectivity index (χ4n) is 3.46. The normalized spacial score (nSPS) is 10.7. The lowest BCUT2D eigenvalue weighted by Gasteiger charge is -2.11. The van der Waals surface area contributed by atoms with Gasteiger partial charge in [0.1, 0.15) is 18.1 Å². The number of rotatable bonds is 7. The predicted molar refractivity (Wildman–Crippen MR) is 121 cm³/mol. The van der Waals surface area contributed by atoms with E-state index in [0.717, 1.165) is 0 Å². The molecule has 3 nitrogen and oxygen atoms in total. The van der Waals surface area contributed by atoms with Crippen molar-refractivity contribution < 1.29 is 27.4 Å². The first-order valence-electron chi connectivity index (χ1n) is 10.2. The minimum absolute atomic E-state index is 0.147. The molecule has 168 valence electrons. The molecule has 0 heterocycles. The largest absolute Gasteiger partial charge is 0.497 e. The molecule has 0 spiro atoms. The summed E-state index contributed by atoms with van der Waals surface area (Å²) in [5.74, 6) is -0.994. The quantitative estimate of drug-likeness (QED) is 0.302. The van der Waals surface area contributed by atoms with Gasteiger partial charge in [0.2, 0.25) is 0 Å². The van der Waals surface area contributed by atoms with Gasteiger partial charge in [0.15, 0.2) is 23.2 Å². The fraction of sp³-hybridized carbons (Fsp3) is 0.111. The number of methoxy groups -OCH3 is 2. The van der Waals surface area contributed by atoms with E-state index < -0.39 is 17.5 Å². The second-order valence-electron chi connectivity index (χ2n) is 7.30. The van der Waals surface area contributed by atoms with Gasteiger partial charge >= 0.3 is 0 Å². The minimum atomic E-state index is -0.925. The van der Waals surface area contributed by atoms with Crippen molar-refractivity contribution >= 4 is 0 Å². The third-order valence-corrected chi connectivity index (χ3v) is 5.27. The van der Waals surface area contributed by atoms with Gasteiger partial charge in [-0.05, 0) is 53.1 Å². The zero-order valence-corrected chi connectivity index (χ0v) is 18.1. The van der Waals surface area contributed by atoms with Crippen molar-refractivity contribution in [2.24, 2.45) is 0 Å². The van der Waals surface area contributed by atoms with Gasteiger partial charge in [-0.25, -0.2) is 13.2 Å². The zero-order valence-electron chi connectivity index (χ0n) is 18.1. The molecular formula is C27H21F3O3. The monoisotopic (exact) mass is 450 g/mol. The Morgan fingerprint density at radius 3 is 1.64 bits per heavy atom. The lowest BCUT2D eigenvalue weighted by molar-refractivity contribution is 0.305. The van der Waals surface area contributed by atoms with Crippen molar-refractivity contribution in [1.82, 2.24) is 0 Å². The van der Waals surface area contributed by atoms with Crippen LogP contribution in [0.4, 0.5) is 13.2 Å². The maximum atomic E-state index is 14.9. The van der Waals surface area contributed by atoms with E-state index in [1.54, 1.807) is 73.8 Å². The summed E-state index contributed by atoms with van der Waals surface area (Å²) >= 11 is 0. The molecule has 0 N–H and O–H groups in total. The van der Waals surface area contributed by atoms with Crippen molar-refractivity contribution in [2.45, 2.75) is 6.61 Å². The van der Waals surface area contributed by atoms with Crippen LogP contribution in [0.3, 0.4) is 0 Å². The molecule has 0 unspecified atom stereocenters. The molecule has 0 radical (unpaired) electrons. The van der Waals surface area contributed by atoms with Crippen LogP contribution in [0.15, 0.2) is 78.9 Å². The van der Waals surface area contributed by atoms with Crippen molar-refractivity contribution in [3.8, 4) is 39.5 Å². The molecule has 0 saturated heterocycles. The number of halogens is 3. The highest BCUT2D eigenvalue weighted by Gasteiger charge is 2.16. The molecule has 6 heteroatoms. The number of benzene rings is 4. The van der Waals surface area contributed by atoms with Crippen molar-refractivity contribution in [2.75, 3.05) is 14.2 Å². The highest BCUT2D eigenvalue weighted by molar-refractivity contribution is 5.72. The lowest BCUT2D eigenvalue weighted by Crippen LogP contribution is -1.98. The summed E-state index contributed by atoms with van der Waals surface area (Å²) in [6.45, 7) is 0.153. The SMILES string of the molecule is COc1ccc(-c2ccc(-c3ccc(OCc4ccc(OC)c(F)c4)cc3)c(F)c2F)cc1. The molecule has 0 aliphatic carbocycles. The van der Waals surface area contributed by atoms with Crippen LogP contribution in [0.2, 0.25) is 0 Å². The number of ether oxygens (including phenoxy) is 3. The van der Waals surface area contributed by atoms with E-state index in [1.165, 1.54) is 19.2 Å². The highest BCUT2D eigenvalue weighted by Crippen LogP contribution is 2.33. The van der Waals surface area contributed by atoms with Crippen LogP contribution in [0.25, 0.3) is 22.3 Å². The van der Waals surface area contributed by atoms with E-state index in [0.29, 0.717) is 28.2 Å². The second-order valence-corrected chi connectivity index (χ2v) is 7.30. The Kier molecular flexibility index (Phi) is 6.54. The molecular weight excluding hydrogens is 429 g/mol. The van der Waals surface area contributed by atoms with Gasteiger partial charge in [-0.2, -0.15) is 0 Å². The fourth-order valence-corrected chi connectivity index (χ4v) is 3.46. The van der Waals surface area contributed by atoms with Crippen LogP contribution < -0.4 is 14.2 Å². The Morgan fingerprint density at radius 2 is 1.15 bits per heavy atom. The first-order chi connectivity index (χ1) is 16.0. The van der Waals surface area contributed by atoms with Crippen LogP contribution in [-0.4, -0.2) is 14.2 Å². The van der Waals surface area contributed by atoms with Gasteiger partial charge in [0.25, 0.3) is 0 Å². The van der Waals surface area contributed by atoms with Crippen molar-refractivity contribution in [1.29, 1.82) is 0 Å². The Hall–Kier alpha value is -3.93. The van der Waals surface area contributed by atoms with Gasteiger partial charge in [0.05, 0.1) is 14.2 Å². The van der Waals surface area contributed by atoms with Gasteiger partial charge in [-0.3, -0.25) is 0 Å². The smallest absolute Gasteiger partial charge is 0.167 e. The topological polar surface area (TPSA) is 27.7 Å². The van der Waals surface area contributed by atoms with E-state index in [2.05, 4.69) is 0 Å². The second kappa shape index (κ2) is 9.69. The maximum Gasteiger partial charge on any atom is 0.167 e.